The molecule has 5 heteroatoms. The summed E-state index contributed by atoms with van der Waals surface area (Å²) in [6, 6.07) is 3.54. The van der Waals surface area contributed by atoms with Crippen molar-refractivity contribution in [3.63, 3.8) is 0 Å². The fourth-order valence-electron chi connectivity index (χ4n) is 1.46. The summed E-state index contributed by atoms with van der Waals surface area (Å²) in [5.74, 6) is 0. The van der Waals surface area contributed by atoms with Crippen LogP contribution in [0.4, 0.5) is 4.79 Å². The Morgan fingerprint density at radius 3 is 2.37 bits per heavy atom. The first-order valence-electron chi connectivity index (χ1n) is 6.07. The first-order valence-corrected chi connectivity index (χ1v) is 6.07. The minimum Gasteiger partial charge on any atom is -0.444 e. The number of alkyl carbamates (subject to hydrolysis) is 1. The smallest absolute Gasteiger partial charge is 0.408 e. The van der Waals surface area contributed by atoms with Gasteiger partial charge in [-0.25, -0.2) is 4.79 Å². The molecule has 1 aromatic rings. The molecule has 0 spiro atoms. The van der Waals surface area contributed by atoms with Crippen molar-refractivity contribution in [3.8, 4) is 0 Å². The molecule has 0 aliphatic rings. The highest BCUT2D eigenvalue weighted by molar-refractivity contribution is 5.77. The minimum atomic E-state index is -1.15. The van der Waals surface area contributed by atoms with Gasteiger partial charge in [-0.1, -0.05) is 6.07 Å². The van der Waals surface area contributed by atoms with E-state index in [1.165, 1.54) is 0 Å². The second-order valence-corrected chi connectivity index (χ2v) is 5.64. The van der Waals surface area contributed by atoms with Crippen molar-refractivity contribution in [1.29, 1.82) is 0 Å². The van der Waals surface area contributed by atoms with E-state index in [1.807, 2.05) is 6.92 Å². The summed E-state index contributed by atoms with van der Waals surface area (Å²) in [5.41, 5.74) is -0.309. The van der Waals surface area contributed by atoms with Crippen LogP contribution >= 0.6 is 0 Å². The van der Waals surface area contributed by atoms with Crippen LogP contribution < -0.4 is 5.32 Å². The highest BCUT2D eigenvalue weighted by atomic mass is 16.6. The Morgan fingerprint density at radius 1 is 1.32 bits per heavy atom. The Kier molecular flexibility index (Phi) is 4.29. The number of nitrogens with one attached hydrogen (secondary N) is 1. The maximum Gasteiger partial charge on any atom is 0.408 e. The summed E-state index contributed by atoms with van der Waals surface area (Å²) < 4.78 is 5.15. The molecule has 1 amide bonds. The van der Waals surface area contributed by atoms with Crippen molar-refractivity contribution in [1.82, 2.24) is 10.3 Å². The Balaban J connectivity index is 2.89. The number of hydrogen-bond donors (Lipinski definition) is 1. The molecule has 0 radical (unpaired) electrons. The lowest BCUT2D eigenvalue weighted by atomic mass is 9.95. The van der Waals surface area contributed by atoms with Crippen LogP contribution in [-0.2, 0) is 15.1 Å². The zero-order chi connectivity index (χ0) is 14.7. The van der Waals surface area contributed by atoms with Gasteiger partial charge in [-0.3, -0.25) is 4.98 Å². The SMILES string of the molecule is Cc1ccc(C(C)(C=O)NC(=O)OC(C)(C)C)cn1. The molecule has 104 valence electrons. The number of amides is 1. The average molecular weight is 264 g/mol. The van der Waals surface area contributed by atoms with Gasteiger partial charge >= 0.3 is 6.09 Å². The van der Waals surface area contributed by atoms with Gasteiger partial charge in [0, 0.05) is 17.5 Å². The number of carbonyl (C=O) groups excluding carboxylic acids is 2. The fourth-order valence-corrected chi connectivity index (χ4v) is 1.46. The Labute approximate surface area is 113 Å². The van der Waals surface area contributed by atoms with Crippen molar-refractivity contribution in [2.75, 3.05) is 0 Å². The highest BCUT2D eigenvalue weighted by Gasteiger charge is 2.30. The van der Waals surface area contributed by atoms with Crippen LogP contribution in [0, 0.1) is 6.92 Å². The molecule has 19 heavy (non-hydrogen) atoms. The summed E-state index contributed by atoms with van der Waals surface area (Å²) in [6.07, 6.45) is 1.60. The molecular formula is C14H20N2O3. The first-order chi connectivity index (χ1) is 8.66. The molecule has 0 fully saturated rings. The van der Waals surface area contributed by atoms with Crippen LogP contribution in [0.3, 0.4) is 0 Å². The predicted octanol–water partition coefficient (Wildman–Crippen LogP) is 2.33. The van der Waals surface area contributed by atoms with E-state index in [-0.39, 0.29) is 0 Å². The normalized spacial score (nSPS) is 14.4. The number of aldehydes is 1. The van der Waals surface area contributed by atoms with Gasteiger partial charge in [0.05, 0.1) is 0 Å². The van der Waals surface area contributed by atoms with Crippen LogP contribution in [-0.4, -0.2) is 23.0 Å². The van der Waals surface area contributed by atoms with Crippen LogP contribution in [0.1, 0.15) is 39.0 Å². The number of pyridine rings is 1. The summed E-state index contributed by atoms with van der Waals surface area (Å²) >= 11 is 0. The largest absolute Gasteiger partial charge is 0.444 e. The quantitative estimate of drug-likeness (QED) is 0.851. The molecule has 1 atom stereocenters. The molecule has 0 aromatic carbocycles. The number of rotatable bonds is 3. The third-order valence-corrected chi connectivity index (χ3v) is 2.51. The molecule has 0 saturated heterocycles. The van der Waals surface area contributed by atoms with E-state index in [0.717, 1.165) is 5.69 Å². The molecule has 1 heterocycles. The zero-order valence-electron chi connectivity index (χ0n) is 12.0. The molecule has 0 aliphatic heterocycles. The van der Waals surface area contributed by atoms with Crippen molar-refractivity contribution in [2.45, 2.75) is 45.8 Å². The van der Waals surface area contributed by atoms with Crippen LogP contribution in [0.5, 0.6) is 0 Å². The molecule has 0 aliphatic carbocycles. The van der Waals surface area contributed by atoms with Crippen molar-refractivity contribution in [2.24, 2.45) is 0 Å². The third-order valence-electron chi connectivity index (χ3n) is 2.51. The second-order valence-electron chi connectivity index (χ2n) is 5.64. The lowest BCUT2D eigenvalue weighted by Crippen LogP contribution is -2.47. The average Bonchev–Trinajstić information content (AvgIpc) is 2.26. The second kappa shape index (κ2) is 5.38. The Morgan fingerprint density at radius 2 is 1.95 bits per heavy atom. The van der Waals surface area contributed by atoms with Gasteiger partial charge in [0.15, 0.2) is 0 Å². The van der Waals surface area contributed by atoms with Crippen molar-refractivity contribution >= 4 is 12.4 Å². The molecule has 0 saturated carbocycles. The van der Waals surface area contributed by atoms with E-state index < -0.39 is 17.2 Å². The van der Waals surface area contributed by atoms with Gasteiger partial charge in [-0.05, 0) is 40.7 Å². The van der Waals surface area contributed by atoms with Crippen molar-refractivity contribution < 1.29 is 14.3 Å². The van der Waals surface area contributed by atoms with Crippen molar-refractivity contribution in [3.05, 3.63) is 29.6 Å². The Hall–Kier alpha value is -1.91. The Bertz CT molecular complexity index is 463. The molecular weight excluding hydrogens is 244 g/mol. The maximum atomic E-state index is 11.8. The van der Waals surface area contributed by atoms with Gasteiger partial charge in [-0.15, -0.1) is 0 Å². The van der Waals surface area contributed by atoms with E-state index in [4.69, 9.17) is 4.74 Å². The van der Waals surface area contributed by atoms with E-state index in [1.54, 1.807) is 46.0 Å². The lowest BCUT2D eigenvalue weighted by Gasteiger charge is -2.27. The lowest BCUT2D eigenvalue weighted by molar-refractivity contribution is -0.113. The standard InChI is InChI=1S/C14H20N2O3/c1-10-6-7-11(8-15-10)14(5,9-17)16-12(18)19-13(2,3)4/h6-9H,1-5H3,(H,16,18). The van der Waals surface area contributed by atoms with Crippen LogP contribution in [0.15, 0.2) is 18.3 Å². The molecule has 5 nitrogen and oxygen atoms in total. The minimum absolute atomic E-state index is 0.610. The third kappa shape index (κ3) is 4.35. The van der Waals surface area contributed by atoms with Gasteiger partial charge in [0.25, 0.3) is 0 Å². The van der Waals surface area contributed by atoms with Gasteiger partial charge in [0.1, 0.15) is 17.4 Å². The molecule has 1 unspecified atom stereocenters. The topological polar surface area (TPSA) is 68.3 Å². The summed E-state index contributed by atoms with van der Waals surface area (Å²) in [5, 5.41) is 2.57. The monoisotopic (exact) mass is 264 g/mol. The van der Waals surface area contributed by atoms with E-state index in [9.17, 15) is 9.59 Å². The summed E-state index contributed by atoms with van der Waals surface area (Å²) in [6.45, 7) is 8.74. The molecule has 0 bridgehead atoms. The fraction of sp³-hybridized carbons (Fsp3) is 0.500. The van der Waals surface area contributed by atoms with E-state index >= 15 is 0 Å². The number of nitrogens with zero attached hydrogens (tertiary/aromatic N) is 1. The zero-order valence-corrected chi connectivity index (χ0v) is 12.0. The number of ether oxygens (including phenoxy) is 1. The number of carbonyl (C=O) groups is 2. The summed E-state index contributed by atoms with van der Waals surface area (Å²) in [4.78, 5) is 27.2. The van der Waals surface area contributed by atoms with Gasteiger partial charge in [0.2, 0.25) is 0 Å². The number of aromatic nitrogens is 1. The number of hydrogen-bond acceptors (Lipinski definition) is 4. The molecule has 1 N–H and O–H groups in total. The van der Waals surface area contributed by atoms with Gasteiger partial charge in [-0.2, -0.15) is 0 Å². The highest BCUT2D eigenvalue weighted by Crippen LogP contribution is 2.19. The van der Waals surface area contributed by atoms with Crippen LogP contribution in [0.2, 0.25) is 0 Å². The predicted molar refractivity (Wildman–Crippen MR) is 71.8 cm³/mol. The number of aryl methyl sites for hydroxylation is 1. The maximum absolute atomic E-state index is 11.8. The molecule has 1 aromatic heterocycles. The molecule has 1 rings (SSSR count). The first kappa shape index (κ1) is 15.1. The summed E-state index contributed by atoms with van der Waals surface area (Å²) in [7, 11) is 0. The van der Waals surface area contributed by atoms with E-state index in [0.29, 0.717) is 11.8 Å². The van der Waals surface area contributed by atoms with Gasteiger partial charge < -0.3 is 14.8 Å². The van der Waals surface area contributed by atoms with E-state index in [2.05, 4.69) is 10.3 Å². The van der Waals surface area contributed by atoms with Crippen LogP contribution in [0.25, 0.3) is 0 Å².